The molecule has 1 aliphatic carbocycles. The number of hydrogen-bond donors (Lipinski definition) is 1. The van der Waals surface area contributed by atoms with Gasteiger partial charge in [0.25, 0.3) is 5.78 Å². The minimum atomic E-state index is -4.95. The molecule has 0 amide bonds. The fraction of sp³-hybridized carbons (Fsp3) is 0.267. The summed E-state index contributed by atoms with van der Waals surface area (Å²) in [6.45, 7) is 1.93. The summed E-state index contributed by atoms with van der Waals surface area (Å²) in [6, 6.07) is 3.82. The van der Waals surface area contributed by atoms with E-state index in [0.717, 1.165) is 14.7 Å². The number of alkyl halides is 4. The largest absolute Gasteiger partial charge is 0.505 e. The second kappa shape index (κ2) is 4.95. The Hall–Kier alpha value is -2.09. The van der Waals surface area contributed by atoms with Crippen molar-refractivity contribution in [1.29, 1.82) is 0 Å². The third-order valence-electron chi connectivity index (χ3n) is 3.67. The fourth-order valence-corrected chi connectivity index (χ4v) is 3.33. The Labute approximate surface area is 132 Å². The van der Waals surface area contributed by atoms with E-state index in [-0.39, 0.29) is 5.92 Å². The molecule has 8 heteroatoms. The minimum Gasteiger partial charge on any atom is -0.505 e. The number of carbonyl (C=O) groups is 1. The first-order valence-corrected chi connectivity index (χ1v) is 7.43. The Balaban J connectivity index is 1.89. The molecule has 3 rings (SSSR count). The van der Waals surface area contributed by atoms with Crippen LogP contribution < -0.4 is 0 Å². The molecule has 1 aromatic rings. The van der Waals surface area contributed by atoms with E-state index < -0.39 is 29.1 Å². The molecule has 0 spiro atoms. The molecule has 0 unspecified atom stereocenters. The number of thiophene rings is 1. The summed E-state index contributed by atoms with van der Waals surface area (Å²) in [6.07, 6.45) is 5.60. The van der Waals surface area contributed by atoms with Crippen molar-refractivity contribution in [2.24, 2.45) is 0 Å². The Morgan fingerprint density at radius 1 is 1.13 bits per heavy atom. The van der Waals surface area contributed by atoms with Crippen LogP contribution >= 0.6 is 11.3 Å². The van der Waals surface area contributed by atoms with Gasteiger partial charge in [0.05, 0.1) is 0 Å². The molecule has 0 atom stereocenters. The topological polar surface area (TPSA) is 40.5 Å². The lowest BCUT2D eigenvalue weighted by molar-refractivity contribution is -0.190. The molecule has 2 aliphatic rings. The molecule has 122 valence electrons. The number of aliphatic hydroxyl groups is 1. The zero-order valence-corrected chi connectivity index (χ0v) is 12.6. The van der Waals surface area contributed by atoms with Crippen LogP contribution in [0.2, 0.25) is 0 Å². The highest BCUT2D eigenvalue weighted by Gasteiger charge is 2.72. The van der Waals surface area contributed by atoms with E-state index in [4.69, 9.17) is 0 Å². The normalized spacial score (nSPS) is 23.2. The number of halogens is 4. The van der Waals surface area contributed by atoms with Crippen molar-refractivity contribution in [2.75, 3.05) is 0 Å². The van der Waals surface area contributed by atoms with Crippen LogP contribution in [0.4, 0.5) is 17.6 Å². The second-order valence-corrected chi connectivity index (χ2v) is 6.56. The number of hydrogen-bond acceptors (Lipinski definition) is 4. The summed E-state index contributed by atoms with van der Waals surface area (Å²) < 4.78 is 53.4. The van der Waals surface area contributed by atoms with Crippen molar-refractivity contribution in [1.82, 2.24) is 4.90 Å². The summed E-state index contributed by atoms with van der Waals surface area (Å²) in [5.41, 5.74) is -1.10. The van der Waals surface area contributed by atoms with E-state index in [9.17, 15) is 27.5 Å². The average Bonchev–Trinajstić information content (AvgIpc) is 2.97. The highest BCUT2D eigenvalue weighted by molar-refractivity contribution is 7.12. The van der Waals surface area contributed by atoms with Crippen LogP contribution in [0.25, 0.3) is 0 Å². The van der Waals surface area contributed by atoms with Crippen molar-refractivity contribution in [3.05, 3.63) is 57.9 Å². The highest BCUT2D eigenvalue weighted by Crippen LogP contribution is 2.49. The molecule has 3 nitrogen and oxygen atoms in total. The standard InChI is InChI=1S/C15H11F4NO2S/c1-8-2-3-10(23-8)9-4-6-20(7-5-9)11-12(21)14(16,17)15(18,19)13(11)22/h2-7,9,21H,1H3. The van der Waals surface area contributed by atoms with E-state index in [2.05, 4.69) is 0 Å². The van der Waals surface area contributed by atoms with Gasteiger partial charge < -0.3 is 10.0 Å². The quantitative estimate of drug-likeness (QED) is 0.820. The fourth-order valence-electron chi connectivity index (χ4n) is 2.39. The van der Waals surface area contributed by atoms with Crippen LogP contribution in [0.1, 0.15) is 15.7 Å². The third kappa shape index (κ3) is 2.20. The molecule has 0 saturated heterocycles. The Morgan fingerprint density at radius 3 is 2.17 bits per heavy atom. The van der Waals surface area contributed by atoms with Gasteiger partial charge in [0.2, 0.25) is 0 Å². The van der Waals surface area contributed by atoms with Gasteiger partial charge in [-0.3, -0.25) is 4.79 Å². The molecule has 2 heterocycles. The number of ketones is 1. The number of Topliss-reactive ketones (excluding diaryl/α,β-unsaturated/α-hetero) is 1. The van der Waals surface area contributed by atoms with Crippen molar-refractivity contribution in [3.8, 4) is 0 Å². The highest BCUT2D eigenvalue weighted by atomic mass is 32.1. The predicted molar refractivity (Wildman–Crippen MR) is 76.5 cm³/mol. The summed E-state index contributed by atoms with van der Waals surface area (Å²) in [5, 5.41) is 9.38. The SMILES string of the molecule is Cc1ccc(C2C=CN(C3=C(O)C(F)(F)C(F)(F)C3=O)C=C2)s1. The number of nitrogens with zero attached hydrogens (tertiary/aromatic N) is 1. The van der Waals surface area contributed by atoms with Crippen LogP contribution in [0.3, 0.4) is 0 Å². The zero-order chi connectivity index (χ0) is 17.0. The molecule has 0 radical (unpaired) electrons. The van der Waals surface area contributed by atoms with E-state index in [1.807, 2.05) is 19.1 Å². The second-order valence-electron chi connectivity index (χ2n) is 5.24. The molecular formula is C15H11F4NO2S. The molecule has 0 fully saturated rings. The Kier molecular flexibility index (Phi) is 3.40. The molecule has 1 aliphatic heterocycles. The number of rotatable bonds is 2. The summed E-state index contributed by atoms with van der Waals surface area (Å²) in [5.74, 6) is -14.0. The summed E-state index contributed by atoms with van der Waals surface area (Å²) >= 11 is 1.54. The van der Waals surface area contributed by atoms with E-state index in [1.165, 1.54) is 23.7 Å². The van der Waals surface area contributed by atoms with Gasteiger partial charge in [-0.25, -0.2) is 0 Å². The number of aliphatic hydroxyl groups excluding tert-OH is 1. The van der Waals surface area contributed by atoms with Gasteiger partial charge in [-0.1, -0.05) is 12.2 Å². The molecule has 0 saturated carbocycles. The molecule has 1 N–H and O–H groups in total. The monoisotopic (exact) mass is 345 g/mol. The van der Waals surface area contributed by atoms with Gasteiger partial charge in [-0.2, -0.15) is 17.6 Å². The lowest BCUT2D eigenvalue weighted by atomic mass is 10.1. The van der Waals surface area contributed by atoms with Gasteiger partial charge in [-0.15, -0.1) is 11.3 Å². The van der Waals surface area contributed by atoms with Crippen LogP contribution in [0, 0.1) is 6.92 Å². The van der Waals surface area contributed by atoms with Crippen LogP contribution in [-0.4, -0.2) is 27.6 Å². The van der Waals surface area contributed by atoms with Gasteiger partial charge in [0, 0.05) is 28.1 Å². The lowest BCUT2D eigenvalue weighted by Crippen LogP contribution is -2.43. The molecule has 0 aromatic carbocycles. The van der Waals surface area contributed by atoms with Crippen molar-refractivity contribution in [3.63, 3.8) is 0 Å². The van der Waals surface area contributed by atoms with Crippen molar-refractivity contribution in [2.45, 2.75) is 24.7 Å². The van der Waals surface area contributed by atoms with Gasteiger partial charge in [0.1, 0.15) is 5.70 Å². The third-order valence-corrected chi connectivity index (χ3v) is 4.77. The van der Waals surface area contributed by atoms with Gasteiger partial charge in [-0.05, 0) is 19.1 Å². The smallest absolute Gasteiger partial charge is 0.380 e. The Bertz CT molecular complexity index is 749. The first-order valence-electron chi connectivity index (χ1n) is 6.61. The van der Waals surface area contributed by atoms with Crippen molar-refractivity contribution >= 4 is 17.1 Å². The zero-order valence-electron chi connectivity index (χ0n) is 11.8. The first-order chi connectivity index (χ1) is 10.7. The van der Waals surface area contributed by atoms with Crippen molar-refractivity contribution < 1.29 is 27.5 Å². The first kappa shape index (κ1) is 15.8. The summed E-state index contributed by atoms with van der Waals surface area (Å²) in [4.78, 5) is 14.4. The van der Waals surface area contributed by atoms with Crippen LogP contribution in [-0.2, 0) is 4.79 Å². The van der Waals surface area contributed by atoms with Gasteiger partial charge >= 0.3 is 11.8 Å². The number of aryl methyl sites for hydroxylation is 1. The maximum Gasteiger partial charge on any atom is 0.380 e. The van der Waals surface area contributed by atoms with Crippen LogP contribution in [0.5, 0.6) is 0 Å². The average molecular weight is 345 g/mol. The van der Waals surface area contributed by atoms with Gasteiger partial charge in [0.15, 0.2) is 5.76 Å². The number of carbonyl (C=O) groups excluding carboxylic acids is 1. The lowest BCUT2D eigenvalue weighted by Gasteiger charge is -2.21. The van der Waals surface area contributed by atoms with E-state index in [1.54, 1.807) is 12.2 Å². The number of allylic oxidation sites excluding steroid dienone is 4. The minimum absolute atomic E-state index is 0.148. The summed E-state index contributed by atoms with van der Waals surface area (Å²) in [7, 11) is 0. The molecule has 23 heavy (non-hydrogen) atoms. The molecule has 1 aromatic heterocycles. The van der Waals surface area contributed by atoms with E-state index in [0.29, 0.717) is 0 Å². The van der Waals surface area contributed by atoms with Crippen LogP contribution in [0.15, 0.2) is 48.1 Å². The molecular weight excluding hydrogens is 334 g/mol. The Morgan fingerprint density at radius 2 is 1.74 bits per heavy atom. The van der Waals surface area contributed by atoms with E-state index >= 15 is 0 Å². The molecule has 0 bridgehead atoms. The maximum absolute atomic E-state index is 13.4. The predicted octanol–water partition coefficient (Wildman–Crippen LogP) is 4.11. The maximum atomic E-state index is 13.4.